The van der Waals surface area contributed by atoms with Crippen molar-refractivity contribution in [2.24, 2.45) is 5.92 Å². The molecule has 0 spiro atoms. The molecule has 6 nitrogen and oxygen atoms in total. The Morgan fingerprint density at radius 2 is 2.33 bits per heavy atom. The quantitative estimate of drug-likeness (QED) is 0.803. The molecule has 6 heteroatoms. The second-order valence-corrected chi connectivity index (χ2v) is 5.04. The van der Waals surface area contributed by atoms with Gasteiger partial charge >= 0.3 is 0 Å². The summed E-state index contributed by atoms with van der Waals surface area (Å²) in [5, 5.41) is 14.1. The first-order valence-corrected chi connectivity index (χ1v) is 6.55. The van der Waals surface area contributed by atoms with Crippen LogP contribution in [0.3, 0.4) is 0 Å². The molecule has 1 amide bonds. The number of hydrogen-bond donors (Lipinski definition) is 2. The Bertz CT molecular complexity index is 412. The second-order valence-electron chi connectivity index (χ2n) is 5.04. The lowest BCUT2D eigenvalue weighted by Crippen LogP contribution is -2.43. The number of nitrogens with zero attached hydrogens (tertiary/aromatic N) is 3. The van der Waals surface area contributed by atoms with Gasteiger partial charge in [-0.05, 0) is 12.8 Å². The molecular weight excluding hydrogens is 230 g/mol. The van der Waals surface area contributed by atoms with E-state index >= 15 is 0 Å². The molecule has 0 aromatic carbocycles. The van der Waals surface area contributed by atoms with Gasteiger partial charge in [-0.3, -0.25) is 4.79 Å². The monoisotopic (exact) mass is 251 g/mol. The Balaban J connectivity index is 1.94. The van der Waals surface area contributed by atoms with Gasteiger partial charge in [-0.1, -0.05) is 25.5 Å². The van der Waals surface area contributed by atoms with Crippen LogP contribution in [0, 0.1) is 5.92 Å². The van der Waals surface area contributed by atoms with Crippen LogP contribution >= 0.6 is 0 Å². The molecule has 1 aromatic heterocycles. The van der Waals surface area contributed by atoms with E-state index in [4.69, 9.17) is 0 Å². The van der Waals surface area contributed by atoms with Gasteiger partial charge < -0.3 is 10.6 Å². The maximum atomic E-state index is 12.0. The third-order valence-corrected chi connectivity index (χ3v) is 3.73. The van der Waals surface area contributed by atoms with E-state index in [1.54, 1.807) is 10.9 Å². The van der Waals surface area contributed by atoms with Crippen LogP contribution in [0.25, 0.3) is 0 Å². The summed E-state index contributed by atoms with van der Waals surface area (Å²) >= 11 is 0. The fourth-order valence-corrected chi connectivity index (χ4v) is 1.80. The molecule has 1 fully saturated rings. The van der Waals surface area contributed by atoms with Gasteiger partial charge in [0.05, 0.1) is 12.2 Å². The van der Waals surface area contributed by atoms with Crippen LogP contribution in [-0.4, -0.2) is 40.0 Å². The molecule has 100 valence electrons. The standard InChI is InChI=1S/C12H21N5O/c1-4-8(2)9(3)14-12(18)11-7-17(16-15-11)10-5-13-6-10/h7-10,13H,4-6H2,1-3H3,(H,14,18). The number of carbonyl (C=O) groups is 1. The van der Waals surface area contributed by atoms with Gasteiger partial charge in [-0.15, -0.1) is 5.10 Å². The maximum absolute atomic E-state index is 12.0. The summed E-state index contributed by atoms with van der Waals surface area (Å²) in [5.41, 5.74) is 0.400. The maximum Gasteiger partial charge on any atom is 0.273 e. The average Bonchev–Trinajstić information content (AvgIpc) is 2.74. The van der Waals surface area contributed by atoms with Gasteiger partial charge in [-0.25, -0.2) is 4.68 Å². The Kier molecular flexibility index (Phi) is 3.96. The summed E-state index contributed by atoms with van der Waals surface area (Å²) in [6, 6.07) is 0.490. The molecule has 0 aliphatic carbocycles. The van der Waals surface area contributed by atoms with Gasteiger partial charge in [-0.2, -0.15) is 0 Å². The molecule has 0 radical (unpaired) electrons. The SMILES string of the molecule is CCC(C)C(C)NC(=O)c1cn(C2CNC2)nn1. The molecule has 1 aliphatic rings. The fraction of sp³-hybridized carbons (Fsp3) is 0.750. The Labute approximate surface area is 107 Å². The topological polar surface area (TPSA) is 71.8 Å². The normalized spacial score (nSPS) is 19.1. The fourth-order valence-electron chi connectivity index (χ4n) is 1.80. The summed E-state index contributed by atoms with van der Waals surface area (Å²) in [5.74, 6) is 0.321. The minimum absolute atomic E-state index is 0.138. The van der Waals surface area contributed by atoms with Crippen molar-refractivity contribution in [1.29, 1.82) is 0 Å². The highest BCUT2D eigenvalue weighted by molar-refractivity contribution is 5.92. The van der Waals surface area contributed by atoms with E-state index in [1.165, 1.54) is 0 Å². The summed E-state index contributed by atoms with van der Waals surface area (Å²) in [6.45, 7) is 8.06. The van der Waals surface area contributed by atoms with Crippen molar-refractivity contribution in [2.75, 3.05) is 13.1 Å². The lowest BCUT2D eigenvalue weighted by molar-refractivity contribution is 0.0923. The largest absolute Gasteiger partial charge is 0.348 e. The van der Waals surface area contributed by atoms with Crippen molar-refractivity contribution in [3.63, 3.8) is 0 Å². The number of amides is 1. The Hall–Kier alpha value is -1.43. The third-order valence-electron chi connectivity index (χ3n) is 3.73. The zero-order valence-electron chi connectivity index (χ0n) is 11.2. The predicted octanol–water partition coefficient (Wildman–Crippen LogP) is 0.587. The molecular formula is C12H21N5O. The number of carbonyl (C=O) groups excluding carboxylic acids is 1. The van der Waals surface area contributed by atoms with Crippen LogP contribution in [-0.2, 0) is 0 Å². The minimum atomic E-state index is -0.138. The molecule has 0 bridgehead atoms. The van der Waals surface area contributed by atoms with E-state index in [2.05, 4.69) is 34.8 Å². The van der Waals surface area contributed by atoms with E-state index in [0.717, 1.165) is 19.5 Å². The smallest absolute Gasteiger partial charge is 0.273 e. The summed E-state index contributed by atoms with van der Waals surface area (Å²) in [4.78, 5) is 12.0. The van der Waals surface area contributed by atoms with Crippen molar-refractivity contribution in [2.45, 2.75) is 39.3 Å². The Morgan fingerprint density at radius 1 is 1.61 bits per heavy atom. The first-order valence-electron chi connectivity index (χ1n) is 6.55. The van der Waals surface area contributed by atoms with Crippen LogP contribution < -0.4 is 10.6 Å². The zero-order chi connectivity index (χ0) is 13.1. The molecule has 2 unspecified atom stereocenters. The Morgan fingerprint density at radius 3 is 2.89 bits per heavy atom. The molecule has 18 heavy (non-hydrogen) atoms. The van der Waals surface area contributed by atoms with Crippen molar-refractivity contribution in [3.8, 4) is 0 Å². The van der Waals surface area contributed by atoms with Gasteiger partial charge in [0, 0.05) is 19.1 Å². The van der Waals surface area contributed by atoms with Crippen LogP contribution in [0.4, 0.5) is 0 Å². The van der Waals surface area contributed by atoms with E-state index in [1.807, 2.05) is 6.92 Å². The van der Waals surface area contributed by atoms with E-state index in [-0.39, 0.29) is 11.9 Å². The van der Waals surface area contributed by atoms with Gasteiger partial charge in [0.1, 0.15) is 0 Å². The molecule has 1 aromatic rings. The molecule has 2 rings (SSSR count). The van der Waals surface area contributed by atoms with Crippen molar-refractivity contribution >= 4 is 5.91 Å². The molecule has 0 saturated carbocycles. The first-order chi connectivity index (χ1) is 8.61. The van der Waals surface area contributed by atoms with Crippen LogP contribution in [0.5, 0.6) is 0 Å². The number of rotatable bonds is 5. The van der Waals surface area contributed by atoms with Gasteiger partial charge in [0.15, 0.2) is 5.69 Å². The van der Waals surface area contributed by atoms with Crippen molar-refractivity contribution in [3.05, 3.63) is 11.9 Å². The van der Waals surface area contributed by atoms with Crippen LogP contribution in [0.2, 0.25) is 0 Å². The molecule has 1 aliphatic heterocycles. The number of aromatic nitrogens is 3. The third kappa shape index (κ3) is 2.69. The molecule has 2 atom stereocenters. The summed E-state index contributed by atoms with van der Waals surface area (Å²) < 4.78 is 1.76. The van der Waals surface area contributed by atoms with Gasteiger partial charge in [0.2, 0.25) is 0 Å². The lowest BCUT2D eigenvalue weighted by atomic mass is 10.0. The highest BCUT2D eigenvalue weighted by Crippen LogP contribution is 2.11. The van der Waals surface area contributed by atoms with Gasteiger partial charge in [0.25, 0.3) is 5.91 Å². The lowest BCUT2D eigenvalue weighted by Gasteiger charge is -2.26. The minimum Gasteiger partial charge on any atom is -0.348 e. The number of hydrogen-bond acceptors (Lipinski definition) is 4. The van der Waals surface area contributed by atoms with Crippen molar-refractivity contribution < 1.29 is 4.79 Å². The highest BCUT2D eigenvalue weighted by Gasteiger charge is 2.22. The summed E-state index contributed by atoms with van der Waals surface area (Å²) in [7, 11) is 0. The zero-order valence-corrected chi connectivity index (χ0v) is 11.2. The molecule has 1 saturated heterocycles. The predicted molar refractivity (Wildman–Crippen MR) is 68.3 cm³/mol. The number of nitrogens with one attached hydrogen (secondary N) is 2. The van der Waals surface area contributed by atoms with Crippen molar-refractivity contribution in [1.82, 2.24) is 25.6 Å². The first kappa shape index (κ1) is 13.0. The van der Waals surface area contributed by atoms with E-state index < -0.39 is 0 Å². The highest BCUT2D eigenvalue weighted by atomic mass is 16.2. The van der Waals surface area contributed by atoms with E-state index in [9.17, 15) is 4.79 Å². The second kappa shape index (κ2) is 5.48. The molecule has 2 heterocycles. The summed E-state index contributed by atoms with van der Waals surface area (Å²) in [6.07, 6.45) is 2.77. The van der Waals surface area contributed by atoms with Crippen LogP contribution in [0.15, 0.2) is 6.20 Å². The van der Waals surface area contributed by atoms with E-state index in [0.29, 0.717) is 17.7 Å². The average molecular weight is 251 g/mol. The van der Waals surface area contributed by atoms with Crippen LogP contribution in [0.1, 0.15) is 43.7 Å². The molecule has 2 N–H and O–H groups in total.